The molecule has 0 N–H and O–H groups in total. The first-order chi connectivity index (χ1) is 10.3. The van der Waals surface area contributed by atoms with Gasteiger partial charge in [-0.25, -0.2) is 0 Å². The highest BCUT2D eigenvalue weighted by molar-refractivity contribution is 5.49. The molecule has 0 radical (unpaired) electrons. The van der Waals surface area contributed by atoms with Crippen molar-refractivity contribution in [2.45, 2.75) is 20.4 Å². The van der Waals surface area contributed by atoms with E-state index in [4.69, 9.17) is 4.74 Å². The lowest BCUT2D eigenvalue weighted by Gasteiger charge is -2.06. The summed E-state index contributed by atoms with van der Waals surface area (Å²) in [6, 6.07) is 4.53. The monoisotopic (exact) mass is 306 g/mol. The van der Waals surface area contributed by atoms with Crippen LogP contribution < -0.4 is 4.74 Å². The van der Waals surface area contributed by atoms with Crippen LogP contribution in [0, 0.1) is 34.1 Å². The predicted molar refractivity (Wildman–Crippen MR) is 77.1 cm³/mol. The Kier molecular flexibility index (Phi) is 4.06. The third kappa shape index (κ3) is 2.73. The number of hydrogen-bond acceptors (Lipinski definition) is 6. The van der Waals surface area contributed by atoms with Crippen LogP contribution in [0.3, 0.4) is 0 Å². The Bertz CT molecular complexity index is 753. The van der Waals surface area contributed by atoms with Gasteiger partial charge in [-0.05, 0) is 25.5 Å². The molecule has 0 spiro atoms. The number of ether oxygens (including phenoxy) is 1. The number of hydrogen-bond donors (Lipinski definition) is 0. The minimum atomic E-state index is -0.536. The second-order valence-electron chi connectivity index (χ2n) is 4.70. The lowest BCUT2D eigenvalue weighted by molar-refractivity contribution is -0.386. The van der Waals surface area contributed by atoms with Crippen LogP contribution in [-0.2, 0) is 6.54 Å². The van der Waals surface area contributed by atoms with Gasteiger partial charge in [0, 0.05) is 6.07 Å². The highest BCUT2D eigenvalue weighted by Crippen LogP contribution is 2.28. The first-order valence-electron chi connectivity index (χ1n) is 6.34. The minimum Gasteiger partial charge on any atom is -0.490 e. The van der Waals surface area contributed by atoms with Crippen molar-refractivity contribution >= 4 is 11.4 Å². The Morgan fingerprint density at radius 1 is 1.23 bits per heavy atom. The van der Waals surface area contributed by atoms with Gasteiger partial charge in [-0.3, -0.25) is 24.9 Å². The third-order valence-electron chi connectivity index (χ3n) is 3.30. The number of methoxy groups -OCH3 is 1. The van der Waals surface area contributed by atoms with Gasteiger partial charge >= 0.3 is 11.4 Å². The number of aryl methyl sites for hydroxylation is 1. The normalized spacial score (nSPS) is 10.5. The molecule has 2 rings (SSSR count). The molecule has 1 heterocycles. The summed E-state index contributed by atoms with van der Waals surface area (Å²) in [5.41, 5.74) is 1.12. The van der Waals surface area contributed by atoms with Gasteiger partial charge in [0.05, 0.1) is 23.5 Å². The number of nitro benzene ring substituents is 1. The van der Waals surface area contributed by atoms with Crippen LogP contribution in [0.4, 0.5) is 11.4 Å². The van der Waals surface area contributed by atoms with Crippen LogP contribution in [0.15, 0.2) is 18.2 Å². The number of nitrogens with zero attached hydrogens (tertiary/aromatic N) is 4. The van der Waals surface area contributed by atoms with Gasteiger partial charge in [0.25, 0.3) is 0 Å². The molecule has 0 bridgehead atoms. The second-order valence-corrected chi connectivity index (χ2v) is 4.70. The molecule has 9 nitrogen and oxygen atoms in total. The molecule has 0 aliphatic rings. The highest BCUT2D eigenvalue weighted by Gasteiger charge is 2.22. The summed E-state index contributed by atoms with van der Waals surface area (Å²) in [5, 5.41) is 26.1. The first-order valence-corrected chi connectivity index (χ1v) is 6.34. The standard InChI is InChI=1S/C13H14N4O5/c1-8-13(17(20)21)9(2)15(14-8)7-10-4-5-12(22-3)11(6-10)16(18)19/h4-6H,7H2,1-3H3. The maximum absolute atomic E-state index is 11.0. The number of rotatable bonds is 5. The largest absolute Gasteiger partial charge is 0.490 e. The van der Waals surface area contributed by atoms with Gasteiger partial charge in [-0.1, -0.05) is 6.07 Å². The summed E-state index contributed by atoms with van der Waals surface area (Å²) in [6.07, 6.45) is 0. The Hall–Kier alpha value is -2.97. The molecule has 0 aliphatic carbocycles. The van der Waals surface area contributed by atoms with Crippen LogP contribution in [0.25, 0.3) is 0 Å². The fourth-order valence-electron chi connectivity index (χ4n) is 2.26. The molecule has 0 saturated heterocycles. The van der Waals surface area contributed by atoms with Crippen LogP contribution >= 0.6 is 0 Å². The van der Waals surface area contributed by atoms with Crippen molar-refractivity contribution < 1.29 is 14.6 Å². The van der Waals surface area contributed by atoms with Crippen LogP contribution in [0.1, 0.15) is 17.0 Å². The van der Waals surface area contributed by atoms with Crippen molar-refractivity contribution in [1.29, 1.82) is 0 Å². The topological polar surface area (TPSA) is 113 Å². The van der Waals surface area contributed by atoms with E-state index in [2.05, 4.69) is 5.10 Å². The van der Waals surface area contributed by atoms with Crippen LogP contribution in [0.2, 0.25) is 0 Å². The van der Waals surface area contributed by atoms with E-state index in [9.17, 15) is 20.2 Å². The number of benzene rings is 1. The van der Waals surface area contributed by atoms with Gasteiger partial charge < -0.3 is 4.74 Å². The second kappa shape index (κ2) is 5.80. The zero-order valence-corrected chi connectivity index (χ0v) is 12.3. The first kappa shape index (κ1) is 15.4. The third-order valence-corrected chi connectivity index (χ3v) is 3.30. The predicted octanol–water partition coefficient (Wildman–Crippen LogP) is 2.37. The molecule has 0 unspecified atom stereocenters. The molecule has 2 aromatic rings. The summed E-state index contributed by atoms with van der Waals surface area (Å²) in [4.78, 5) is 21.0. The van der Waals surface area contributed by atoms with Gasteiger partial charge in [-0.2, -0.15) is 5.10 Å². The van der Waals surface area contributed by atoms with Crippen molar-refractivity contribution in [2.75, 3.05) is 7.11 Å². The van der Waals surface area contributed by atoms with E-state index < -0.39 is 9.85 Å². The Morgan fingerprint density at radius 2 is 1.91 bits per heavy atom. The minimum absolute atomic E-state index is 0.0389. The fraction of sp³-hybridized carbons (Fsp3) is 0.308. The van der Waals surface area contributed by atoms with E-state index in [0.717, 1.165) is 0 Å². The quantitative estimate of drug-likeness (QED) is 0.619. The molecule has 22 heavy (non-hydrogen) atoms. The SMILES string of the molecule is COc1ccc(Cn2nc(C)c([N+](=O)[O-])c2C)cc1[N+](=O)[O-]. The smallest absolute Gasteiger partial charge is 0.312 e. The molecule has 0 aliphatic heterocycles. The van der Waals surface area contributed by atoms with Gasteiger partial charge in [0.1, 0.15) is 11.4 Å². The van der Waals surface area contributed by atoms with Crippen LogP contribution in [-0.4, -0.2) is 26.7 Å². The molecule has 1 aromatic carbocycles. The zero-order valence-electron chi connectivity index (χ0n) is 12.3. The molecule has 9 heteroatoms. The summed E-state index contributed by atoms with van der Waals surface area (Å²) in [6.45, 7) is 3.35. The van der Waals surface area contributed by atoms with Crippen molar-refractivity contribution in [3.05, 3.63) is 55.4 Å². The van der Waals surface area contributed by atoms with E-state index in [0.29, 0.717) is 17.0 Å². The van der Waals surface area contributed by atoms with E-state index >= 15 is 0 Å². The Balaban J connectivity index is 2.40. The Morgan fingerprint density at radius 3 is 2.41 bits per heavy atom. The average molecular weight is 306 g/mol. The maximum atomic E-state index is 11.0. The molecule has 1 aromatic heterocycles. The molecule has 0 fully saturated rings. The molecular weight excluding hydrogens is 292 g/mol. The highest BCUT2D eigenvalue weighted by atomic mass is 16.6. The van der Waals surface area contributed by atoms with Crippen molar-refractivity contribution in [1.82, 2.24) is 9.78 Å². The van der Waals surface area contributed by atoms with Crippen molar-refractivity contribution in [3.8, 4) is 5.75 Å². The molecule has 0 amide bonds. The summed E-state index contributed by atoms with van der Waals surface area (Å²) in [5.74, 6) is 0.160. The van der Waals surface area contributed by atoms with Gasteiger partial charge in [0.15, 0.2) is 5.75 Å². The van der Waals surface area contributed by atoms with Crippen molar-refractivity contribution in [2.24, 2.45) is 0 Å². The molecular formula is C13H14N4O5. The van der Waals surface area contributed by atoms with E-state index in [1.165, 1.54) is 23.9 Å². The van der Waals surface area contributed by atoms with Crippen LogP contribution in [0.5, 0.6) is 5.75 Å². The zero-order chi connectivity index (χ0) is 16.4. The van der Waals surface area contributed by atoms with Gasteiger partial charge in [-0.15, -0.1) is 0 Å². The molecule has 0 atom stereocenters. The van der Waals surface area contributed by atoms with Gasteiger partial charge in [0.2, 0.25) is 0 Å². The lowest BCUT2D eigenvalue weighted by atomic mass is 10.2. The van der Waals surface area contributed by atoms with Crippen molar-refractivity contribution in [3.63, 3.8) is 0 Å². The lowest BCUT2D eigenvalue weighted by Crippen LogP contribution is -2.05. The summed E-state index contributed by atoms with van der Waals surface area (Å²) >= 11 is 0. The molecule has 0 saturated carbocycles. The maximum Gasteiger partial charge on any atom is 0.312 e. The number of nitro groups is 2. The Labute approximate surface area is 125 Å². The van der Waals surface area contributed by atoms with E-state index in [1.807, 2.05) is 0 Å². The average Bonchev–Trinajstić information content (AvgIpc) is 2.73. The van der Waals surface area contributed by atoms with E-state index in [1.54, 1.807) is 19.9 Å². The molecule has 116 valence electrons. The van der Waals surface area contributed by atoms with E-state index in [-0.39, 0.29) is 23.7 Å². The summed E-state index contributed by atoms with van der Waals surface area (Å²) < 4.78 is 6.39. The summed E-state index contributed by atoms with van der Waals surface area (Å²) in [7, 11) is 1.35. The number of aromatic nitrogens is 2. The fourth-order valence-corrected chi connectivity index (χ4v) is 2.26.